The van der Waals surface area contributed by atoms with Gasteiger partial charge in [-0.05, 0) is 35.1 Å². The number of nitrogens with one attached hydrogen (secondary N) is 2. The van der Waals surface area contributed by atoms with Gasteiger partial charge in [-0.3, -0.25) is 4.79 Å². The van der Waals surface area contributed by atoms with Crippen molar-refractivity contribution in [1.29, 1.82) is 0 Å². The molecule has 2 aromatic carbocycles. The van der Waals surface area contributed by atoms with Crippen molar-refractivity contribution in [3.05, 3.63) is 71.8 Å². The number of amides is 2. The second-order valence-electron chi connectivity index (χ2n) is 8.58. The van der Waals surface area contributed by atoms with Crippen LogP contribution < -0.4 is 10.6 Å². The fraction of sp³-hybridized carbons (Fsp3) is 0.346. The van der Waals surface area contributed by atoms with E-state index in [-0.39, 0.29) is 25.6 Å². The van der Waals surface area contributed by atoms with Gasteiger partial charge in [0.2, 0.25) is 5.91 Å². The summed E-state index contributed by atoms with van der Waals surface area (Å²) in [6.07, 6.45) is 3.75. The van der Waals surface area contributed by atoms with Gasteiger partial charge >= 0.3 is 12.1 Å². The van der Waals surface area contributed by atoms with Gasteiger partial charge in [-0.25, -0.2) is 9.59 Å². The smallest absolute Gasteiger partial charge is 0.407 e. The van der Waals surface area contributed by atoms with Gasteiger partial charge in [0, 0.05) is 24.9 Å². The van der Waals surface area contributed by atoms with Crippen LogP contribution in [0.3, 0.4) is 0 Å². The number of ether oxygens (including phenoxy) is 1. The van der Waals surface area contributed by atoms with Gasteiger partial charge in [0.1, 0.15) is 12.6 Å². The lowest BCUT2D eigenvalue weighted by Crippen LogP contribution is -2.46. The summed E-state index contributed by atoms with van der Waals surface area (Å²) in [5.41, 5.74) is 4.55. The van der Waals surface area contributed by atoms with E-state index in [1.54, 1.807) is 6.08 Å². The van der Waals surface area contributed by atoms with Crippen LogP contribution in [-0.2, 0) is 14.3 Å². The molecule has 4 N–H and O–H groups in total. The van der Waals surface area contributed by atoms with Crippen LogP contribution in [0.4, 0.5) is 4.79 Å². The molecule has 0 saturated carbocycles. The van der Waals surface area contributed by atoms with Gasteiger partial charge in [-0.2, -0.15) is 0 Å². The van der Waals surface area contributed by atoms with Crippen molar-refractivity contribution in [1.82, 2.24) is 10.6 Å². The highest BCUT2D eigenvalue weighted by atomic mass is 16.5. The molecule has 178 valence electrons. The molecule has 2 aromatic rings. The first-order valence-electron chi connectivity index (χ1n) is 11.4. The first-order valence-corrected chi connectivity index (χ1v) is 11.4. The molecule has 1 unspecified atom stereocenters. The van der Waals surface area contributed by atoms with E-state index < -0.39 is 36.0 Å². The number of allylic oxidation sites excluding steroid dienone is 1. The number of alkyl carbamates (subject to hydrolysis) is 1. The first-order chi connectivity index (χ1) is 16.5. The minimum absolute atomic E-state index is 0.0435. The van der Waals surface area contributed by atoms with Crippen molar-refractivity contribution in [2.75, 3.05) is 13.2 Å². The molecule has 2 aliphatic rings. The number of benzene rings is 2. The van der Waals surface area contributed by atoms with Gasteiger partial charge < -0.3 is 25.6 Å². The van der Waals surface area contributed by atoms with E-state index in [9.17, 15) is 19.5 Å². The van der Waals surface area contributed by atoms with Crippen LogP contribution in [0, 0.1) is 5.92 Å². The third kappa shape index (κ3) is 5.12. The van der Waals surface area contributed by atoms with Gasteiger partial charge in [0.05, 0.1) is 6.04 Å². The molecule has 0 saturated heterocycles. The molecule has 8 nitrogen and oxygen atoms in total. The summed E-state index contributed by atoms with van der Waals surface area (Å²) in [4.78, 5) is 36.3. The standard InChI is InChI=1S/C26H28N2O6/c29-13-12-23(25(31)32)28-24(30)16-6-5-7-17(14-16)27-26(33)34-15-22-20-10-3-1-8-18(20)19-9-2-4-11-21(19)22/h1-5,7-11,16-17,22-23,29H,6,12-15H2,(H,27,33)(H,28,30)(H,31,32)/t16-,17-,23?/m1/s1. The molecule has 0 bridgehead atoms. The minimum Gasteiger partial charge on any atom is -0.480 e. The Morgan fingerprint density at radius 1 is 1.03 bits per heavy atom. The number of rotatable bonds is 8. The minimum atomic E-state index is -1.19. The molecule has 0 fully saturated rings. The van der Waals surface area contributed by atoms with Crippen molar-refractivity contribution in [2.24, 2.45) is 5.92 Å². The number of aliphatic hydroxyl groups excluding tert-OH is 1. The van der Waals surface area contributed by atoms with Crippen molar-refractivity contribution < 1.29 is 29.3 Å². The van der Waals surface area contributed by atoms with E-state index >= 15 is 0 Å². The topological polar surface area (TPSA) is 125 Å². The van der Waals surface area contributed by atoms with Crippen LogP contribution in [-0.4, -0.2) is 53.5 Å². The second kappa shape index (κ2) is 10.5. The van der Waals surface area contributed by atoms with Gasteiger partial charge in [0.25, 0.3) is 0 Å². The molecule has 0 radical (unpaired) electrons. The van der Waals surface area contributed by atoms with Gasteiger partial charge in [0.15, 0.2) is 0 Å². The third-order valence-corrected chi connectivity index (χ3v) is 6.38. The van der Waals surface area contributed by atoms with E-state index in [0.717, 1.165) is 22.3 Å². The number of hydrogen-bond acceptors (Lipinski definition) is 5. The first kappa shape index (κ1) is 23.5. The summed E-state index contributed by atoms with van der Waals surface area (Å²) in [6.45, 7) is -0.143. The van der Waals surface area contributed by atoms with Gasteiger partial charge in [-0.15, -0.1) is 0 Å². The Bertz CT molecular complexity index is 1050. The highest BCUT2D eigenvalue weighted by Crippen LogP contribution is 2.44. The molecule has 34 heavy (non-hydrogen) atoms. The fourth-order valence-corrected chi connectivity index (χ4v) is 4.68. The predicted octanol–water partition coefficient (Wildman–Crippen LogP) is 2.81. The highest BCUT2D eigenvalue weighted by molar-refractivity contribution is 5.85. The molecule has 2 amide bonds. The van der Waals surface area contributed by atoms with Crippen LogP contribution in [0.15, 0.2) is 60.7 Å². The van der Waals surface area contributed by atoms with Crippen molar-refractivity contribution in [3.63, 3.8) is 0 Å². The van der Waals surface area contributed by atoms with E-state index in [1.807, 2.05) is 30.3 Å². The normalized spacial score (nSPS) is 19.6. The van der Waals surface area contributed by atoms with Crippen LogP contribution in [0.2, 0.25) is 0 Å². The Kier molecular flexibility index (Phi) is 7.27. The number of aliphatic hydroxyl groups is 1. The Morgan fingerprint density at radius 2 is 1.68 bits per heavy atom. The summed E-state index contributed by atoms with van der Waals surface area (Å²) in [5.74, 6) is -2.13. The molecule has 0 spiro atoms. The molecular weight excluding hydrogens is 436 g/mol. The number of hydrogen-bond donors (Lipinski definition) is 4. The summed E-state index contributed by atoms with van der Waals surface area (Å²) in [5, 5.41) is 23.4. The van der Waals surface area contributed by atoms with Crippen LogP contribution >= 0.6 is 0 Å². The quantitative estimate of drug-likeness (QED) is 0.445. The second-order valence-corrected chi connectivity index (χ2v) is 8.58. The van der Waals surface area contributed by atoms with E-state index in [4.69, 9.17) is 9.84 Å². The number of carboxylic acid groups (broad SMARTS) is 1. The summed E-state index contributed by atoms with van der Waals surface area (Å²) in [7, 11) is 0. The Balaban J connectivity index is 1.32. The van der Waals surface area contributed by atoms with Crippen LogP contribution in [0.1, 0.15) is 36.3 Å². The number of aliphatic carboxylic acids is 1. The van der Waals surface area contributed by atoms with E-state index in [0.29, 0.717) is 12.8 Å². The maximum Gasteiger partial charge on any atom is 0.407 e. The third-order valence-electron chi connectivity index (χ3n) is 6.38. The number of carbonyl (C=O) groups is 3. The van der Waals surface area contributed by atoms with Crippen molar-refractivity contribution in [2.45, 2.75) is 37.3 Å². The average molecular weight is 465 g/mol. The molecular formula is C26H28N2O6. The summed E-state index contributed by atoms with van der Waals surface area (Å²) >= 11 is 0. The average Bonchev–Trinajstić information content (AvgIpc) is 3.16. The number of fused-ring (bicyclic) bond motifs is 3. The van der Waals surface area contributed by atoms with E-state index in [2.05, 4.69) is 34.9 Å². The largest absolute Gasteiger partial charge is 0.480 e. The molecule has 8 heteroatoms. The predicted molar refractivity (Wildman–Crippen MR) is 125 cm³/mol. The zero-order valence-electron chi connectivity index (χ0n) is 18.6. The molecule has 0 heterocycles. The molecule has 2 aliphatic carbocycles. The van der Waals surface area contributed by atoms with E-state index in [1.165, 1.54) is 0 Å². The molecule has 3 atom stereocenters. The summed E-state index contributed by atoms with van der Waals surface area (Å²) < 4.78 is 5.58. The highest BCUT2D eigenvalue weighted by Gasteiger charge is 2.31. The maximum absolute atomic E-state index is 12.5. The van der Waals surface area contributed by atoms with Crippen LogP contribution in [0.25, 0.3) is 11.1 Å². The number of carbonyl (C=O) groups excluding carboxylic acids is 2. The summed E-state index contributed by atoms with van der Waals surface area (Å²) in [6, 6.07) is 14.6. The fourth-order valence-electron chi connectivity index (χ4n) is 4.68. The Labute approximate surface area is 197 Å². The maximum atomic E-state index is 12.5. The lowest BCUT2D eigenvalue weighted by Gasteiger charge is -2.26. The zero-order chi connectivity index (χ0) is 24.1. The number of carboxylic acids is 1. The lowest BCUT2D eigenvalue weighted by atomic mass is 9.90. The monoisotopic (exact) mass is 464 g/mol. The molecule has 0 aromatic heterocycles. The lowest BCUT2D eigenvalue weighted by molar-refractivity contribution is -0.143. The van der Waals surface area contributed by atoms with Crippen molar-refractivity contribution >= 4 is 18.0 Å². The zero-order valence-corrected chi connectivity index (χ0v) is 18.6. The van der Waals surface area contributed by atoms with Crippen molar-refractivity contribution in [3.8, 4) is 11.1 Å². The SMILES string of the molecule is O=C(N[C@@H]1C=CC[C@@H](C(=O)NC(CCO)C(=O)O)C1)OCC1c2ccccc2-c2ccccc21. The van der Waals surface area contributed by atoms with Gasteiger partial charge in [-0.1, -0.05) is 60.7 Å². The van der Waals surface area contributed by atoms with Crippen LogP contribution in [0.5, 0.6) is 0 Å². The molecule has 0 aliphatic heterocycles. The Morgan fingerprint density at radius 3 is 2.29 bits per heavy atom. The molecule has 4 rings (SSSR count). The Hall–Kier alpha value is -3.65.